The highest BCUT2D eigenvalue weighted by Crippen LogP contribution is 2.30. The van der Waals surface area contributed by atoms with Crippen LogP contribution in [-0.4, -0.2) is 61.1 Å². The van der Waals surface area contributed by atoms with Crippen molar-refractivity contribution in [2.45, 2.75) is 52.0 Å². The van der Waals surface area contributed by atoms with Gasteiger partial charge in [-0.05, 0) is 37.3 Å². The van der Waals surface area contributed by atoms with Crippen LogP contribution in [0.1, 0.15) is 72.7 Å². The molecule has 1 aliphatic carbocycles. The maximum Gasteiger partial charge on any atom is 0.259 e. The van der Waals surface area contributed by atoms with Crippen LogP contribution in [0.25, 0.3) is 0 Å². The summed E-state index contributed by atoms with van der Waals surface area (Å²) in [5, 5.41) is 2.87. The number of nitrogens with one attached hydrogen (secondary N) is 1. The molecule has 0 spiro atoms. The van der Waals surface area contributed by atoms with E-state index < -0.39 is 11.3 Å². The Morgan fingerprint density at radius 1 is 1.03 bits per heavy atom. The van der Waals surface area contributed by atoms with E-state index >= 15 is 0 Å². The predicted octanol–water partition coefficient (Wildman–Crippen LogP) is 3.71. The van der Waals surface area contributed by atoms with Crippen molar-refractivity contribution in [2.75, 3.05) is 44.7 Å². The van der Waals surface area contributed by atoms with Crippen LogP contribution in [0.15, 0.2) is 41.5 Å². The Kier molecular flexibility index (Phi) is 8.33. The van der Waals surface area contributed by atoms with Crippen molar-refractivity contribution in [3.05, 3.63) is 58.0 Å². The van der Waals surface area contributed by atoms with Gasteiger partial charge in [-0.15, -0.1) is 0 Å². The van der Waals surface area contributed by atoms with Crippen LogP contribution in [0, 0.1) is 5.92 Å². The average molecular weight is 495 g/mol. The highest BCUT2D eigenvalue weighted by Gasteiger charge is 2.28. The number of anilines is 1. The highest BCUT2D eigenvalue weighted by molar-refractivity contribution is 5.99. The fourth-order valence-electron chi connectivity index (χ4n) is 5.11. The predicted molar refractivity (Wildman–Crippen MR) is 141 cm³/mol. The summed E-state index contributed by atoms with van der Waals surface area (Å²) in [5.41, 5.74) is 0.660. The number of ether oxygens (including phenoxy) is 1. The van der Waals surface area contributed by atoms with Crippen LogP contribution < -0.4 is 20.4 Å². The van der Waals surface area contributed by atoms with Crippen LogP contribution in [-0.2, 0) is 0 Å². The third-order valence-electron chi connectivity index (χ3n) is 7.27. The Bertz CT molecular complexity index is 1130. The SMILES string of the molecule is COc1ccccc1N1CCN(C(=O)c2cn(C3CCCC3)cc(C(=O)NCCC(C)C)c2=O)CC1. The molecule has 8 heteroatoms. The molecule has 1 aromatic heterocycles. The number of methoxy groups -OCH3 is 1. The van der Waals surface area contributed by atoms with Crippen LogP contribution in [0.2, 0.25) is 0 Å². The first-order chi connectivity index (χ1) is 17.4. The zero-order chi connectivity index (χ0) is 25.7. The summed E-state index contributed by atoms with van der Waals surface area (Å²) in [5.74, 6) is 0.544. The van der Waals surface area contributed by atoms with E-state index in [4.69, 9.17) is 4.74 Å². The number of piperazine rings is 1. The quantitative estimate of drug-likeness (QED) is 0.605. The lowest BCUT2D eigenvalue weighted by atomic mass is 10.1. The van der Waals surface area contributed by atoms with Gasteiger partial charge >= 0.3 is 0 Å². The van der Waals surface area contributed by atoms with Crippen molar-refractivity contribution in [2.24, 2.45) is 5.92 Å². The summed E-state index contributed by atoms with van der Waals surface area (Å²) in [6, 6.07) is 8.05. The second-order valence-electron chi connectivity index (χ2n) is 10.2. The molecule has 2 heterocycles. The van der Waals surface area contributed by atoms with E-state index in [1.54, 1.807) is 24.4 Å². The molecule has 4 rings (SSSR count). The first kappa shape index (κ1) is 25.8. The molecular formula is C28H38N4O4. The summed E-state index contributed by atoms with van der Waals surface area (Å²) in [4.78, 5) is 43.8. The summed E-state index contributed by atoms with van der Waals surface area (Å²) >= 11 is 0. The number of hydrogen-bond acceptors (Lipinski definition) is 5. The fourth-order valence-corrected chi connectivity index (χ4v) is 5.11. The molecule has 0 radical (unpaired) electrons. The summed E-state index contributed by atoms with van der Waals surface area (Å²) < 4.78 is 7.43. The van der Waals surface area contributed by atoms with E-state index in [2.05, 4.69) is 24.1 Å². The molecule has 0 unspecified atom stereocenters. The molecule has 1 aromatic carbocycles. The van der Waals surface area contributed by atoms with Gasteiger partial charge in [0, 0.05) is 51.2 Å². The molecule has 0 atom stereocenters. The van der Waals surface area contributed by atoms with Crippen molar-refractivity contribution in [3.63, 3.8) is 0 Å². The third-order valence-corrected chi connectivity index (χ3v) is 7.27. The van der Waals surface area contributed by atoms with Gasteiger partial charge in [-0.25, -0.2) is 0 Å². The normalized spacial score (nSPS) is 16.4. The lowest BCUT2D eigenvalue weighted by Gasteiger charge is -2.36. The van der Waals surface area contributed by atoms with Gasteiger partial charge in [-0.2, -0.15) is 0 Å². The second-order valence-corrected chi connectivity index (χ2v) is 10.2. The highest BCUT2D eigenvalue weighted by atomic mass is 16.5. The monoisotopic (exact) mass is 494 g/mol. The molecule has 8 nitrogen and oxygen atoms in total. The van der Waals surface area contributed by atoms with E-state index in [-0.39, 0.29) is 23.1 Å². The average Bonchev–Trinajstić information content (AvgIpc) is 3.43. The Hall–Kier alpha value is -3.29. The molecule has 1 aliphatic heterocycles. The molecule has 1 saturated heterocycles. The van der Waals surface area contributed by atoms with Crippen LogP contribution in [0.4, 0.5) is 5.69 Å². The zero-order valence-corrected chi connectivity index (χ0v) is 21.7. The zero-order valence-electron chi connectivity index (χ0n) is 21.7. The van der Waals surface area contributed by atoms with Gasteiger partial charge in [0.1, 0.15) is 16.9 Å². The van der Waals surface area contributed by atoms with E-state index in [1.165, 1.54) is 0 Å². The number of benzene rings is 1. The van der Waals surface area contributed by atoms with E-state index in [9.17, 15) is 14.4 Å². The molecule has 2 fully saturated rings. The summed E-state index contributed by atoms with van der Waals surface area (Å²) in [6.45, 7) is 6.94. The topological polar surface area (TPSA) is 83.9 Å². The maximum atomic E-state index is 13.6. The molecule has 194 valence electrons. The number of pyridine rings is 1. The van der Waals surface area contributed by atoms with Crippen LogP contribution in [0.5, 0.6) is 5.75 Å². The molecular weight excluding hydrogens is 456 g/mol. The lowest BCUT2D eigenvalue weighted by molar-refractivity contribution is 0.0744. The van der Waals surface area contributed by atoms with Gasteiger partial charge in [-0.3, -0.25) is 14.4 Å². The number of amides is 2. The third kappa shape index (κ3) is 5.74. The first-order valence-corrected chi connectivity index (χ1v) is 13.1. The van der Waals surface area contributed by atoms with Gasteiger partial charge in [0.15, 0.2) is 0 Å². The number of hydrogen-bond donors (Lipinski definition) is 1. The molecule has 1 saturated carbocycles. The van der Waals surface area contributed by atoms with Gasteiger partial charge in [0.25, 0.3) is 11.8 Å². The first-order valence-electron chi connectivity index (χ1n) is 13.1. The Morgan fingerprint density at radius 2 is 1.69 bits per heavy atom. The van der Waals surface area contributed by atoms with Gasteiger partial charge in [0.2, 0.25) is 5.43 Å². The van der Waals surface area contributed by atoms with Crippen molar-refractivity contribution >= 4 is 17.5 Å². The number of aromatic nitrogens is 1. The number of para-hydroxylation sites is 2. The largest absolute Gasteiger partial charge is 0.495 e. The summed E-state index contributed by atoms with van der Waals surface area (Å²) in [6.07, 6.45) is 8.36. The minimum absolute atomic E-state index is 0.0594. The molecule has 2 aliphatic rings. The smallest absolute Gasteiger partial charge is 0.259 e. The second kappa shape index (κ2) is 11.6. The van der Waals surface area contributed by atoms with Gasteiger partial charge in [-0.1, -0.05) is 38.8 Å². The molecule has 0 bridgehead atoms. The minimum Gasteiger partial charge on any atom is -0.495 e. The number of nitrogens with zero attached hydrogens (tertiary/aromatic N) is 3. The standard InChI is InChI=1S/C28H38N4O4/c1-20(2)12-13-29-27(34)22-18-32(21-8-4-5-9-21)19-23(26(22)33)28(35)31-16-14-30(15-17-31)24-10-6-7-11-25(24)36-3/h6-7,10-11,18-21H,4-5,8-9,12-17H2,1-3H3,(H,29,34). The van der Waals surface area contributed by atoms with Gasteiger partial charge < -0.3 is 24.4 Å². The van der Waals surface area contributed by atoms with Crippen molar-refractivity contribution in [1.82, 2.24) is 14.8 Å². The molecule has 2 amide bonds. The summed E-state index contributed by atoms with van der Waals surface area (Å²) in [7, 11) is 1.65. The van der Waals surface area contributed by atoms with Crippen molar-refractivity contribution < 1.29 is 14.3 Å². The fraction of sp³-hybridized carbons (Fsp3) is 0.536. The minimum atomic E-state index is -0.483. The van der Waals surface area contributed by atoms with Crippen LogP contribution in [0.3, 0.4) is 0 Å². The number of carbonyl (C=O) groups is 2. The lowest BCUT2D eigenvalue weighted by Crippen LogP contribution is -2.50. The number of rotatable bonds is 8. The Labute approximate surface area is 213 Å². The van der Waals surface area contributed by atoms with E-state index in [0.717, 1.165) is 43.5 Å². The molecule has 2 aromatic rings. The van der Waals surface area contributed by atoms with Crippen LogP contribution >= 0.6 is 0 Å². The Balaban J connectivity index is 1.55. The van der Waals surface area contributed by atoms with E-state index in [1.807, 2.05) is 28.8 Å². The van der Waals surface area contributed by atoms with E-state index in [0.29, 0.717) is 38.6 Å². The van der Waals surface area contributed by atoms with Crippen molar-refractivity contribution in [3.8, 4) is 5.75 Å². The maximum absolute atomic E-state index is 13.6. The Morgan fingerprint density at radius 3 is 2.36 bits per heavy atom. The molecule has 36 heavy (non-hydrogen) atoms. The van der Waals surface area contributed by atoms with Gasteiger partial charge in [0.05, 0.1) is 12.8 Å². The number of carbonyl (C=O) groups excluding carboxylic acids is 2. The molecule has 1 N–H and O–H groups in total. The van der Waals surface area contributed by atoms with Crippen molar-refractivity contribution in [1.29, 1.82) is 0 Å².